The quantitative estimate of drug-likeness (QED) is 0.585. The molecule has 0 aliphatic rings. The number of para-hydroxylation sites is 1. The van der Waals surface area contributed by atoms with Gasteiger partial charge in [0.15, 0.2) is 0 Å². The summed E-state index contributed by atoms with van der Waals surface area (Å²) >= 11 is 6.01. The first kappa shape index (κ1) is 18.7. The minimum Gasteiger partial charge on any atom is -0.394 e. The number of nitrogens with zero attached hydrogens (tertiary/aromatic N) is 3. The highest BCUT2D eigenvalue weighted by Gasteiger charge is 2.14. The Balaban J connectivity index is 2.20. The smallest absolute Gasteiger partial charge is 0.252 e. The van der Waals surface area contributed by atoms with Crippen molar-refractivity contribution in [2.45, 2.75) is 13.0 Å². The van der Waals surface area contributed by atoms with Crippen LogP contribution in [0.1, 0.15) is 12.5 Å². The number of aromatic nitrogens is 2. The molecular weight excluding hydrogens is 366 g/mol. The van der Waals surface area contributed by atoms with Gasteiger partial charge in [-0.3, -0.25) is 4.79 Å². The zero-order chi connectivity index (χ0) is 19.6. The van der Waals surface area contributed by atoms with Crippen LogP contribution >= 0.6 is 11.6 Å². The van der Waals surface area contributed by atoms with E-state index in [2.05, 4.69) is 15.6 Å². The number of aliphatic hydroxyl groups is 1. The van der Waals surface area contributed by atoms with Crippen molar-refractivity contribution in [3.63, 3.8) is 0 Å². The second kappa shape index (κ2) is 7.66. The molecule has 0 aliphatic carbocycles. The summed E-state index contributed by atoms with van der Waals surface area (Å²) in [5.41, 5.74) is 2.47. The molecule has 8 heteroatoms. The van der Waals surface area contributed by atoms with Gasteiger partial charge in [0.2, 0.25) is 0 Å². The number of halogens is 1. The van der Waals surface area contributed by atoms with E-state index in [1.807, 2.05) is 31.2 Å². The molecule has 0 radical (unpaired) electrons. The Morgan fingerprint density at radius 3 is 2.81 bits per heavy atom. The van der Waals surface area contributed by atoms with E-state index in [4.69, 9.17) is 11.6 Å². The third-order valence-electron chi connectivity index (χ3n) is 4.22. The van der Waals surface area contributed by atoms with Gasteiger partial charge in [-0.2, -0.15) is 5.26 Å². The highest BCUT2D eigenvalue weighted by atomic mass is 35.5. The molecule has 0 fully saturated rings. The fourth-order valence-corrected chi connectivity index (χ4v) is 3.05. The zero-order valence-electron chi connectivity index (χ0n) is 14.8. The second-order valence-corrected chi connectivity index (χ2v) is 6.50. The predicted octanol–water partition coefficient (Wildman–Crippen LogP) is 2.99. The average Bonchev–Trinajstić information content (AvgIpc) is 2.66. The third kappa shape index (κ3) is 3.58. The number of hydrogen-bond donors (Lipinski definition) is 3. The highest BCUT2D eigenvalue weighted by Crippen LogP contribution is 2.31. The van der Waals surface area contributed by atoms with Crippen molar-refractivity contribution in [3.8, 4) is 6.07 Å². The molecule has 27 heavy (non-hydrogen) atoms. The number of hydrogen-bond acceptors (Lipinski definition) is 6. The summed E-state index contributed by atoms with van der Waals surface area (Å²) in [5, 5.41) is 25.9. The maximum absolute atomic E-state index is 12.5. The highest BCUT2D eigenvalue weighted by molar-refractivity contribution is 6.31. The standard InChI is InChI=1S/C19H18ClN5O2/c1-11(10-26)23-16-8-17(27)25(2)18-12(16)4-3-5-15(18)24-14-6-7-22-19(20)13(14)9-21/h3-8,11,23,26H,10H2,1-2H3,(H,22,24)/t11-/m0/s1. The Hall–Kier alpha value is -3.08. The van der Waals surface area contributed by atoms with E-state index < -0.39 is 0 Å². The summed E-state index contributed by atoms with van der Waals surface area (Å²) in [6.45, 7) is 1.76. The van der Waals surface area contributed by atoms with Crippen LogP contribution in [0.15, 0.2) is 41.3 Å². The number of pyridine rings is 2. The fourth-order valence-electron chi connectivity index (χ4n) is 2.85. The molecule has 3 rings (SSSR count). The van der Waals surface area contributed by atoms with Crippen LogP contribution in [0, 0.1) is 11.3 Å². The minimum atomic E-state index is -0.207. The van der Waals surface area contributed by atoms with Gasteiger partial charge in [0, 0.05) is 36.4 Å². The average molecular weight is 384 g/mol. The van der Waals surface area contributed by atoms with E-state index >= 15 is 0 Å². The number of aliphatic hydroxyl groups excluding tert-OH is 1. The number of nitriles is 1. The number of anilines is 3. The molecule has 0 amide bonds. The van der Waals surface area contributed by atoms with Gasteiger partial charge < -0.3 is 20.3 Å². The van der Waals surface area contributed by atoms with Gasteiger partial charge in [0.1, 0.15) is 16.8 Å². The van der Waals surface area contributed by atoms with Crippen molar-refractivity contribution in [1.29, 1.82) is 5.26 Å². The summed E-state index contributed by atoms with van der Waals surface area (Å²) < 4.78 is 1.53. The molecular formula is C19H18ClN5O2. The Morgan fingerprint density at radius 1 is 1.33 bits per heavy atom. The number of fused-ring (bicyclic) bond motifs is 1. The monoisotopic (exact) mass is 383 g/mol. The molecule has 2 aromatic heterocycles. The molecule has 0 spiro atoms. The first-order valence-corrected chi connectivity index (χ1v) is 8.65. The van der Waals surface area contributed by atoms with Crippen molar-refractivity contribution in [2.75, 3.05) is 17.2 Å². The molecule has 0 unspecified atom stereocenters. The van der Waals surface area contributed by atoms with Gasteiger partial charge in [0.05, 0.1) is 23.5 Å². The van der Waals surface area contributed by atoms with E-state index in [0.29, 0.717) is 22.6 Å². The number of nitrogens with one attached hydrogen (secondary N) is 2. The van der Waals surface area contributed by atoms with Crippen LogP contribution in [-0.2, 0) is 7.05 Å². The molecule has 0 saturated carbocycles. The summed E-state index contributed by atoms with van der Waals surface area (Å²) in [7, 11) is 1.68. The third-order valence-corrected chi connectivity index (χ3v) is 4.51. The number of aryl methyl sites for hydroxylation is 1. The summed E-state index contributed by atoms with van der Waals surface area (Å²) in [4.78, 5) is 16.4. The van der Waals surface area contributed by atoms with Gasteiger partial charge >= 0.3 is 0 Å². The topological polar surface area (TPSA) is 103 Å². The SMILES string of the molecule is C[C@@H](CO)Nc1cc(=O)n(C)c2c(Nc3ccnc(Cl)c3C#N)cccc12. The van der Waals surface area contributed by atoms with Crippen LogP contribution in [0.4, 0.5) is 17.1 Å². The van der Waals surface area contributed by atoms with Crippen LogP contribution in [0.25, 0.3) is 10.9 Å². The van der Waals surface area contributed by atoms with E-state index in [9.17, 15) is 15.2 Å². The molecule has 1 atom stereocenters. The Morgan fingerprint density at radius 2 is 2.11 bits per heavy atom. The van der Waals surface area contributed by atoms with Gasteiger partial charge in [-0.25, -0.2) is 4.98 Å². The first-order chi connectivity index (χ1) is 13.0. The Kier molecular flexibility index (Phi) is 5.31. The molecule has 2 heterocycles. The van der Waals surface area contributed by atoms with E-state index in [1.54, 1.807) is 13.1 Å². The zero-order valence-corrected chi connectivity index (χ0v) is 15.6. The van der Waals surface area contributed by atoms with Crippen molar-refractivity contribution < 1.29 is 5.11 Å². The summed E-state index contributed by atoms with van der Waals surface area (Å²) in [5.74, 6) is 0. The molecule has 0 bridgehead atoms. The van der Waals surface area contributed by atoms with Crippen LogP contribution in [0.5, 0.6) is 0 Å². The summed E-state index contributed by atoms with van der Waals surface area (Å²) in [6.07, 6.45) is 1.51. The Bertz CT molecular complexity index is 1100. The molecule has 3 aromatic rings. The van der Waals surface area contributed by atoms with Crippen molar-refractivity contribution in [2.24, 2.45) is 7.05 Å². The molecule has 7 nitrogen and oxygen atoms in total. The van der Waals surface area contributed by atoms with Crippen LogP contribution in [-0.4, -0.2) is 27.3 Å². The van der Waals surface area contributed by atoms with Crippen molar-refractivity contribution in [3.05, 3.63) is 57.6 Å². The number of benzene rings is 1. The van der Waals surface area contributed by atoms with E-state index in [0.717, 1.165) is 5.39 Å². The number of rotatable bonds is 5. The molecule has 3 N–H and O–H groups in total. The molecule has 0 aliphatic heterocycles. The maximum atomic E-state index is 12.5. The lowest BCUT2D eigenvalue weighted by atomic mass is 10.1. The lowest BCUT2D eigenvalue weighted by molar-refractivity contribution is 0.281. The van der Waals surface area contributed by atoms with Crippen molar-refractivity contribution >= 4 is 39.6 Å². The second-order valence-electron chi connectivity index (χ2n) is 6.15. The molecule has 138 valence electrons. The minimum absolute atomic E-state index is 0.0598. The lowest BCUT2D eigenvalue weighted by Crippen LogP contribution is -2.23. The largest absolute Gasteiger partial charge is 0.394 e. The lowest BCUT2D eigenvalue weighted by Gasteiger charge is -2.18. The molecule has 1 aromatic carbocycles. The Labute approximate surface area is 160 Å². The molecule has 0 saturated heterocycles. The van der Waals surface area contributed by atoms with Gasteiger partial charge in [0.25, 0.3) is 5.56 Å². The predicted molar refractivity (Wildman–Crippen MR) is 107 cm³/mol. The van der Waals surface area contributed by atoms with Crippen LogP contribution in [0.2, 0.25) is 5.15 Å². The van der Waals surface area contributed by atoms with E-state index in [1.165, 1.54) is 16.8 Å². The first-order valence-electron chi connectivity index (χ1n) is 8.28. The fraction of sp³-hybridized carbons (Fsp3) is 0.211. The van der Waals surface area contributed by atoms with Gasteiger partial charge in [-0.15, -0.1) is 0 Å². The summed E-state index contributed by atoms with van der Waals surface area (Å²) in [6, 6.07) is 10.5. The van der Waals surface area contributed by atoms with E-state index in [-0.39, 0.29) is 28.9 Å². The van der Waals surface area contributed by atoms with Crippen molar-refractivity contribution in [1.82, 2.24) is 9.55 Å². The van der Waals surface area contributed by atoms with Gasteiger partial charge in [-0.05, 0) is 19.1 Å². The van der Waals surface area contributed by atoms with Gasteiger partial charge in [-0.1, -0.05) is 23.7 Å². The normalized spacial score (nSPS) is 11.8. The van der Waals surface area contributed by atoms with Crippen LogP contribution in [0.3, 0.4) is 0 Å². The van der Waals surface area contributed by atoms with Crippen LogP contribution < -0.4 is 16.2 Å². The maximum Gasteiger partial charge on any atom is 0.252 e.